The molecule has 162 valence electrons. The quantitative estimate of drug-likeness (QED) is 0.476. The summed E-state index contributed by atoms with van der Waals surface area (Å²) in [6.45, 7) is 2.35. The second-order valence-corrected chi connectivity index (χ2v) is 9.31. The lowest BCUT2D eigenvalue weighted by molar-refractivity contribution is 0.102. The number of hydrogen-bond acceptors (Lipinski definition) is 6. The SMILES string of the molecule is CN1CCC(Cc2ccc(C(=O)Nc3cc4cc(-c5nncs5)ccc4cn3)cc2)CC1. The lowest BCUT2D eigenvalue weighted by Gasteiger charge is -2.28. The second-order valence-electron chi connectivity index (χ2n) is 8.48. The molecule has 7 heteroatoms. The van der Waals surface area contributed by atoms with Gasteiger partial charge in [0.2, 0.25) is 0 Å². The molecule has 6 nitrogen and oxygen atoms in total. The first kappa shape index (κ1) is 20.7. The summed E-state index contributed by atoms with van der Waals surface area (Å²) in [5, 5.41) is 13.8. The third kappa shape index (κ3) is 4.69. The highest BCUT2D eigenvalue weighted by atomic mass is 32.1. The number of anilines is 1. The number of benzene rings is 2. The molecule has 0 aliphatic carbocycles. The van der Waals surface area contributed by atoms with Gasteiger partial charge in [0.25, 0.3) is 5.91 Å². The molecule has 1 N–H and O–H groups in total. The van der Waals surface area contributed by atoms with Gasteiger partial charge in [-0.1, -0.05) is 35.6 Å². The van der Waals surface area contributed by atoms with Crippen molar-refractivity contribution in [1.82, 2.24) is 20.1 Å². The van der Waals surface area contributed by atoms with Crippen molar-refractivity contribution in [2.24, 2.45) is 5.92 Å². The smallest absolute Gasteiger partial charge is 0.256 e. The van der Waals surface area contributed by atoms with E-state index in [-0.39, 0.29) is 5.91 Å². The molecule has 0 radical (unpaired) electrons. The number of carbonyl (C=O) groups excluding carboxylic acids is 1. The summed E-state index contributed by atoms with van der Waals surface area (Å²) in [5.74, 6) is 1.12. The Morgan fingerprint density at radius 3 is 2.66 bits per heavy atom. The van der Waals surface area contributed by atoms with E-state index in [0.29, 0.717) is 11.4 Å². The lowest BCUT2D eigenvalue weighted by Crippen LogP contribution is -2.30. The average Bonchev–Trinajstić information content (AvgIpc) is 3.36. The number of aromatic nitrogens is 3. The molecule has 1 aliphatic heterocycles. The van der Waals surface area contributed by atoms with Crippen LogP contribution in [0.5, 0.6) is 0 Å². The zero-order valence-corrected chi connectivity index (χ0v) is 18.8. The summed E-state index contributed by atoms with van der Waals surface area (Å²) in [5.41, 5.74) is 4.66. The van der Waals surface area contributed by atoms with Crippen molar-refractivity contribution in [3.05, 3.63) is 71.4 Å². The van der Waals surface area contributed by atoms with Gasteiger partial charge < -0.3 is 10.2 Å². The maximum atomic E-state index is 12.8. The highest BCUT2D eigenvalue weighted by Crippen LogP contribution is 2.26. The van der Waals surface area contributed by atoms with E-state index >= 15 is 0 Å². The fraction of sp³-hybridized carbons (Fsp3) is 0.280. The van der Waals surface area contributed by atoms with Crippen LogP contribution in [0.3, 0.4) is 0 Å². The third-order valence-electron chi connectivity index (χ3n) is 6.15. The van der Waals surface area contributed by atoms with Gasteiger partial charge in [0.05, 0.1) is 0 Å². The van der Waals surface area contributed by atoms with Crippen molar-refractivity contribution in [3.8, 4) is 10.6 Å². The van der Waals surface area contributed by atoms with Crippen LogP contribution in [0.4, 0.5) is 5.82 Å². The molecule has 1 saturated heterocycles. The topological polar surface area (TPSA) is 71.0 Å². The van der Waals surface area contributed by atoms with Gasteiger partial charge in [0.15, 0.2) is 0 Å². The number of nitrogens with zero attached hydrogens (tertiary/aromatic N) is 4. The number of hydrogen-bond donors (Lipinski definition) is 1. The fourth-order valence-corrected chi connectivity index (χ4v) is 4.77. The second kappa shape index (κ2) is 9.14. The summed E-state index contributed by atoms with van der Waals surface area (Å²) >= 11 is 1.50. The molecule has 0 saturated carbocycles. The highest BCUT2D eigenvalue weighted by molar-refractivity contribution is 7.12. The molecule has 0 bridgehead atoms. The van der Waals surface area contributed by atoms with Gasteiger partial charge in [0.1, 0.15) is 16.3 Å². The van der Waals surface area contributed by atoms with Crippen LogP contribution in [-0.2, 0) is 6.42 Å². The molecule has 0 unspecified atom stereocenters. The normalized spacial score (nSPS) is 15.2. The van der Waals surface area contributed by atoms with E-state index in [1.54, 1.807) is 11.7 Å². The fourth-order valence-electron chi connectivity index (χ4n) is 4.22. The minimum absolute atomic E-state index is 0.150. The van der Waals surface area contributed by atoms with E-state index in [0.717, 1.165) is 33.7 Å². The van der Waals surface area contributed by atoms with Gasteiger partial charge in [-0.3, -0.25) is 4.79 Å². The zero-order chi connectivity index (χ0) is 21.9. The number of carbonyl (C=O) groups is 1. The maximum absolute atomic E-state index is 12.8. The summed E-state index contributed by atoms with van der Waals surface area (Å²) in [4.78, 5) is 19.6. The van der Waals surface area contributed by atoms with Gasteiger partial charge in [-0.2, -0.15) is 0 Å². The minimum atomic E-state index is -0.150. The molecule has 1 aliphatic rings. The number of pyridine rings is 1. The largest absolute Gasteiger partial charge is 0.307 e. The molecule has 4 aromatic rings. The van der Waals surface area contributed by atoms with Crippen LogP contribution in [0.15, 0.2) is 60.2 Å². The van der Waals surface area contributed by atoms with Crippen LogP contribution < -0.4 is 5.32 Å². The van der Waals surface area contributed by atoms with Crippen molar-refractivity contribution in [1.29, 1.82) is 0 Å². The van der Waals surface area contributed by atoms with Crippen LogP contribution in [-0.4, -0.2) is 46.1 Å². The van der Waals surface area contributed by atoms with Crippen LogP contribution >= 0.6 is 11.3 Å². The van der Waals surface area contributed by atoms with E-state index in [9.17, 15) is 4.79 Å². The van der Waals surface area contributed by atoms with Crippen LogP contribution in [0.1, 0.15) is 28.8 Å². The van der Waals surface area contributed by atoms with Crippen molar-refractivity contribution >= 4 is 33.8 Å². The van der Waals surface area contributed by atoms with Crippen molar-refractivity contribution < 1.29 is 4.79 Å². The minimum Gasteiger partial charge on any atom is -0.307 e. The van der Waals surface area contributed by atoms with E-state index in [4.69, 9.17) is 0 Å². The van der Waals surface area contributed by atoms with Gasteiger partial charge in [-0.15, -0.1) is 10.2 Å². The molecule has 0 atom stereocenters. The number of fused-ring (bicyclic) bond motifs is 1. The van der Waals surface area contributed by atoms with Gasteiger partial charge >= 0.3 is 0 Å². The summed E-state index contributed by atoms with van der Waals surface area (Å²) in [6, 6.07) is 15.9. The average molecular weight is 444 g/mol. The molecule has 1 fully saturated rings. The van der Waals surface area contributed by atoms with Gasteiger partial charge in [-0.05, 0) is 80.5 Å². The molecule has 0 spiro atoms. The van der Waals surface area contributed by atoms with E-state index < -0.39 is 0 Å². The van der Waals surface area contributed by atoms with E-state index in [2.05, 4.69) is 44.6 Å². The van der Waals surface area contributed by atoms with E-state index in [1.165, 1.54) is 42.8 Å². The molecule has 5 rings (SSSR count). The summed E-state index contributed by atoms with van der Waals surface area (Å²) < 4.78 is 0. The van der Waals surface area contributed by atoms with Crippen LogP contribution in [0.2, 0.25) is 0 Å². The van der Waals surface area contributed by atoms with Crippen molar-refractivity contribution in [2.45, 2.75) is 19.3 Å². The van der Waals surface area contributed by atoms with Crippen LogP contribution in [0.25, 0.3) is 21.3 Å². The number of nitrogens with one attached hydrogen (secondary N) is 1. The Balaban J connectivity index is 1.26. The van der Waals surface area contributed by atoms with E-state index in [1.807, 2.05) is 36.4 Å². The standard InChI is InChI=1S/C25H25N5OS/c1-30-10-8-18(9-11-30)12-17-2-4-19(5-3-17)24(31)28-23-14-22-13-20(25-29-27-16-32-25)6-7-21(22)15-26-23/h2-7,13-16,18H,8-12H2,1H3,(H,26,28,31). The Morgan fingerprint density at radius 2 is 1.91 bits per heavy atom. The monoisotopic (exact) mass is 443 g/mol. The van der Waals surface area contributed by atoms with Crippen molar-refractivity contribution in [2.75, 3.05) is 25.5 Å². The predicted octanol–water partition coefficient (Wildman–Crippen LogP) is 4.89. The number of amides is 1. The Morgan fingerprint density at radius 1 is 1.09 bits per heavy atom. The summed E-state index contributed by atoms with van der Waals surface area (Å²) in [6.07, 6.45) is 5.35. The predicted molar refractivity (Wildman–Crippen MR) is 129 cm³/mol. The maximum Gasteiger partial charge on any atom is 0.256 e. The summed E-state index contributed by atoms with van der Waals surface area (Å²) in [7, 11) is 2.19. The molecule has 3 heterocycles. The number of likely N-dealkylation sites (tertiary alicyclic amines) is 1. The first-order valence-corrected chi connectivity index (χ1v) is 11.8. The van der Waals surface area contributed by atoms with Gasteiger partial charge in [0, 0.05) is 22.7 Å². The highest BCUT2D eigenvalue weighted by Gasteiger charge is 2.17. The molecule has 1 amide bonds. The molecule has 2 aromatic heterocycles. The molecular formula is C25H25N5OS. The molecule has 2 aromatic carbocycles. The Labute approximate surface area is 191 Å². The van der Waals surface area contributed by atoms with Crippen molar-refractivity contribution in [3.63, 3.8) is 0 Å². The number of piperidine rings is 1. The number of rotatable bonds is 5. The van der Waals surface area contributed by atoms with Gasteiger partial charge in [-0.25, -0.2) is 4.98 Å². The Hall–Kier alpha value is -3.16. The lowest BCUT2D eigenvalue weighted by atomic mass is 9.90. The Bertz CT molecular complexity index is 1220. The third-order valence-corrected chi connectivity index (χ3v) is 6.89. The zero-order valence-electron chi connectivity index (χ0n) is 18.0. The molecule has 32 heavy (non-hydrogen) atoms. The first-order valence-electron chi connectivity index (χ1n) is 10.9. The first-order chi connectivity index (χ1) is 15.6. The van der Waals surface area contributed by atoms with Crippen LogP contribution in [0, 0.1) is 5.92 Å². The molecular weight excluding hydrogens is 418 g/mol. The Kier molecular flexibility index (Phi) is 5.92.